The van der Waals surface area contributed by atoms with Gasteiger partial charge in [-0.25, -0.2) is 4.79 Å². The summed E-state index contributed by atoms with van der Waals surface area (Å²) >= 11 is 0. The van der Waals surface area contributed by atoms with Gasteiger partial charge in [-0.2, -0.15) is 0 Å². The van der Waals surface area contributed by atoms with E-state index in [9.17, 15) is 9.59 Å². The van der Waals surface area contributed by atoms with Crippen LogP contribution < -0.4 is 0 Å². The highest BCUT2D eigenvalue weighted by Crippen LogP contribution is 1.85. The van der Waals surface area contributed by atoms with Crippen molar-refractivity contribution in [1.29, 1.82) is 0 Å². The molecular weight excluding hydrogens is 158 g/mol. The zero-order chi connectivity index (χ0) is 9.56. The average molecular weight is 171 g/mol. The summed E-state index contributed by atoms with van der Waals surface area (Å²) in [4.78, 5) is 22.6. The van der Waals surface area contributed by atoms with Gasteiger partial charge < -0.3 is 9.64 Å². The highest BCUT2D eigenvalue weighted by atomic mass is 16.5. The summed E-state index contributed by atoms with van der Waals surface area (Å²) in [7, 11) is 1.64. The summed E-state index contributed by atoms with van der Waals surface area (Å²) in [5.41, 5.74) is 0. The first-order valence-electron chi connectivity index (χ1n) is 3.59. The Bertz CT molecular complexity index is 189. The van der Waals surface area contributed by atoms with Gasteiger partial charge in [0.25, 0.3) is 0 Å². The first kappa shape index (κ1) is 10.7. The highest BCUT2D eigenvalue weighted by Gasteiger charge is 2.02. The van der Waals surface area contributed by atoms with Crippen LogP contribution in [0.5, 0.6) is 0 Å². The van der Waals surface area contributed by atoms with Gasteiger partial charge >= 0.3 is 5.97 Å². The molecule has 68 valence electrons. The van der Waals surface area contributed by atoms with Crippen molar-refractivity contribution in [2.45, 2.75) is 6.92 Å². The zero-order valence-corrected chi connectivity index (χ0v) is 7.37. The quantitative estimate of drug-likeness (QED) is 0.448. The minimum atomic E-state index is -0.466. The number of hydrogen-bond acceptors (Lipinski definition) is 3. The third-order valence-corrected chi connectivity index (χ3v) is 1.38. The van der Waals surface area contributed by atoms with Gasteiger partial charge in [0.1, 0.15) is 6.61 Å². The lowest BCUT2D eigenvalue weighted by molar-refractivity contribution is -0.140. The molecule has 0 aliphatic rings. The molecular formula is C8H13NO3. The Kier molecular flexibility index (Phi) is 4.76. The lowest BCUT2D eigenvalue weighted by atomic mass is 10.5. The van der Waals surface area contributed by atoms with Crippen LogP contribution in [-0.2, 0) is 14.3 Å². The molecule has 0 aromatic carbocycles. The number of amides is 1. The molecule has 0 spiro atoms. The molecule has 4 heteroatoms. The van der Waals surface area contributed by atoms with Crippen LogP contribution in [0.2, 0.25) is 0 Å². The number of carbonyl (C=O) groups excluding carboxylic acids is 2. The third kappa shape index (κ3) is 4.49. The van der Waals surface area contributed by atoms with Gasteiger partial charge in [0.2, 0.25) is 5.91 Å². The Morgan fingerprint density at radius 1 is 1.58 bits per heavy atom. The molecule has 0 N–H and O–H groups in total. The smallest absolute Gasteiger partial charge is 0.330 e. The van der Waals surface area contributed by atoms with Gasteiger partial charge in [-0.3, -0.25) is 4.79 Å². The molecule has 0 bridgehead atoms. The monoisotopic (exact) mass is 171 g/mol. The number of ether oxygens (including phenoxy) is 1. The number of rotatable bonds is 4. The molecule has 0 heterocycles. The predicted molar refractivity (Wildman–Crippen MR) is 44.5 cm³/mol. The number of esters is 1. The first-order chi connectivity index (χ1) is 5.57. The molecule has 0 rings (SSSR count). The molecule has 12 heavy (non-hydrogen) atoms. The average Bonchev–Trinajstić information content (AvgIpc) is 2.03. The normalized spacial score (nSPS) is 8.83. The lowest BCUT2D eigenvalue weighted by Crippen LogP contribution is -2.28. The largest absolute Gasteiger partial charge is 0.461 e. The van der Waals surface area contributed by atoms with E-state index < -0.39 is 5.97 Å². The van der Waals surface area contributed by atoms with E-state index in [1.54, 1.807) is 7.05 Å². The van der Waals surface area contributed by atoms with Gasteiger partial charge in [0.15, 0.2) is 0 Å². The van der Waals surface area contributed by atoms with Crippen molar-refractivity contribution >= 4 is 11.9 Å². The van der Waals surface area contributed by atoms with Crippen LogP contribution in [0.25, 0.3) is 0 Å². The second-order valence-electron chi connectivity index (χ2n) is 2.31. The van der Waals surface area contributed by atoms with Gasteiger partial charge in [-0.15, -0.1) is 0 Å². The number of likely N-dealkylation sites (N-methyl/N-ethyl adjacent to an activating group) is 1. The molecule has 0 aromatic rings. The minimum Gasteiger partial charge on any atom is -0.461 e. The van der Waals surface area contributed by atoms with Gasteiger partial charge in [0, 0.05) is 20.0 Å². The highest BCUT2D eigenvalue weighted by molar-refractivity contribution is 5.81. The Labute approximate surface area is 71.8 Å². The molecule has 0 atom stereocenters. The van der Waals surface area contributed by atoms with Crippen molar-refractivity contribution in [3.05, 3.63) is 12.7 Å². The van der Waals surface area contributed by atoms with Crippen LogP contribution in [0.1, 0.15) is 6.92 Å². The van der Waals surface area contributed by atoms with Crippen molar-refractivity contribution in [1.82, 2.24) is 4.90 Å². The first-order valence-corrected chi connectivity index (χ1v) is 3.59. The molecule has 0 fully saturated rings. The number of hydrogen-bond donors (Lipinski definition) is 0. The van der Waals surface area contributed by atoms with Gasteiger partial charge in [-0.1, -0.05) is 6.58 Å². The van der Waals surface area contributed by atoms with E-state index in [1.807, 2.05) is 0 Å². The SMILES string of the molecule is C=CC(=O)OCCN(C)C(C)=O. The summed E-state index contributed by atoms with van der Waals surface area (Å²) in [6, 6.07) is 0. The molecule has 0 aromatic heterocycles. The van der Waals surface area contributed by atoms with Crippen LogP contribution in [0, 0.1) is 0 Å². The number of nitrogens with zero attached hydrogens (tertiary/aromatic N) is 1. The van der Waals surface area contributed by atoms with Gasteiger partial charge in [-0.05, 0) is 0 Å². The summed E-state index contributed by atoms with van der Waals surface area (Å²) in [5.74, 6) is -0.517. The summed E-state index contributed by atoms with van der Waals surface area (Å²) in [5, 5.41) is 0. The third-order valence-electron chi connectivity index (χ3n) is 1.38. The van der Waals surface area contributed by atoms with Gasteiger partial charge in [0.05, 0.1) is 6.54 Å². The van der Waals surface area contributed by atoms with E-state index in [0.717, 1.165) is 6.08 Å². The fraction of sp³-hybridized carbons (Fsp3) is 0.500. The molecule has 0 unspecified atom stereocenters. The number of carbonyl (C=O) groups is 2. The molecule has 0 aliphatic carbocycles. The molecule has 0 aliphatic heterocycles. The van der Waals surface area contributed by atoms with Crippen LogP contribution >= 0.6 is 0 Å². The molecule has 4 nitrogen and oxygen atoms in total. The fourth-order valence-corrected chi connectivity index (χ4v) is 0.500. The predicted octanol–water partition coefficient (Wildman–Crippen LogP) is 0.194. The topological polar surface area (TPSA) is 46.6 Å². The van der Waals surface area contributed by atoms with E-state index in [0.29, 0.717) is 6.54 Å². The maximum Gasteiger partial charge on any atom is 0.330 e. The van der Waals surface area contributed by atoms with Crippen molar-refractivity contribution in [3.8, 4) is 0 Å². The standard InChI is InChI=1S/C8H13NO3/c1-4-8(11)12-6-5-9(3)7(2)10/h4H,1,5-6H2,2-3H3. The van der Waals surface area contributed by atoms with Crippen molar-refractivity contribution < 1.29 is 14.3 Å². The summed E-state index contributed by atoms with van der Waals surface area (Å²) in [6.45, 7) is 5.31. The summed E-state index contributed by atoms with van der Waals surface area (Å²) < 4.78 is 4.66. The molecule has 0 saturated carbocycles. The molecule has 0 radical (unpaired) electrons. The molecule has 0 saturated heterocycles. The fourth-order valence-electron chi connectivity index (χ4n) is 0.500. The van der Waals surface area contributed by atoms with E-state index in [-0.39, 0.29) is 12.5 Å². The Morgan fingerprint density at radius 3 is 2.58 bits per heavy atom. The van der Waals surface area contributed by atoms with Crippen LogP contribution in [0.15, 0.2) is 12.7 Å². The van der Waals surface area contributed by atoms with Crippen molar-refractivity contribution in [2.24, 2.45) is 0 Å². The minimum absolute atomic E-state index is 0.0512. The van der Waals surface area contributed by atoms with Crippen LogP contribution in [-0.4, -0.2) is 37.0 Å². The second-order valence-corrected chi connectivity index (χ2v) is 2.31. The molecule has 1 amide bonds. The maximum atomic E-state index is 10.7. The van der Waals surface area contributed by atoms with E-state index in [1.165, 1.54) is 11.8 Å². The Morgan fingerprint density at radius 2 is 2.17 bits per heavy atom. The van der Waals surface area contributed by atoms with E-state index >= 15 is 0 Å². The lowest BCUT2D eigenvalue weighted by Gasteiger charge is -2.13. The van der Waals surface area contributed by atoms with Crippen LogP contribution in [0.4, 0.5) is 0 Å². The van der Waals surface area contributed by atoms with Crippen molar-refractivity contribution in [2.75, 3.05) is 20.2 Å². The maximum absolute atomic E-state index is 10.7. The zero-order valence-electron chi connectivity index (χ0n) is 7.37. The Hall–Kier alpha value is -1.32. The summed E-state index contributed by atoms with van der Waals surface area (Å²) in [6.07, 6.45) is 1.09. The van der Waals surface area contributed by atoms with Crippen LogP contribution in [0.3, 0.4) is 0 Å². The van der Waals surface area contributed by atoms with E-state index in [2.05, 4.69) is 11.3 Å². The van der Waals surface area contributed by atoms with E-state index in [4.69, 9.17) is 0 Å². The Balaban J connectivity index is 3.49. The van der Waals surface area contributed by atoms with Crippen molar-refractivity contribution in [3.63, 3.8) is 0 Å². The second kappa shape index (κ2) is 5.35.